The molecule has 1 atom stereocenters. The van der Waals surface area contributed by atoms with Crippen molar-refractivity contribution in [3.05, 3.63) is 50.6 Å². The van der Waals surface area contributed by atoms with Gasteiger partial charge in [0.2, 0.25) is 0 Å². The van der Waals surface area contributed by atoms with Gasteiger partial charge in [0, 0.05) is 9.75 Å². The van der Waals surface area contributed by atoms with Crippen molar-refractivity contribution in [2.45, 2.75) is 19.0 Å². The average molecular weight is 291 g/mol. The van der Waals surface area contributed by atoms with Gasteiger partial charge in [-0.05, 0) is 29.8 Å². The zero-order chi connectivity index (χ0) is 13.1. The molecule has 0 bridgehead atoms. The Balaban J connectivity index is 1.84. The van der Waals surface area contributed by atoms with Gasteiger partial charge < -0.3 is 0 Å². The molecular weight excluding hydrogens is 278 g/mol. The second kappa shape index (κ2) is 5.60. The maximum absolute atomic E-state index is 4.03. The Morgan fingerprint density at radius 2 is 1.84 bits per heavy atom. The Morgan fingerprint density at radius 3 is 2.32 bits per heavy atom. The highest BCUT2D eigenvalue weighted by atomic mass is 32.1. The average Bonchev–Trinajstić information content (AvgIpc) is 3.17. The third kappa shape index (κ3) is 2.73. The SMILES string of the molecule is CC(NC(c1cccs1)c1cccs1)c1nn[nH]n1. The normalized spacial score (nSPS) is 12.9. The molecule has 0 saturated carbocycles. The van der Waals surface area contributed by atoms with Crippen LogP contribution in [-0.4, -0.2) is 20.6 Å². The van der Waals surface area contributed by atoms with Gasteiger partial charge in [0.25, 0.3) is 0 Å². The van der Waals surface area contributed by atoms with E-state index in [0.717, 1.165) is 0 Å². The minimum Gasteiger partial charge on any atom is -0.295 e. The Labute approximate surface area is 118 Å². The molecule has 2 N–H and O–H groups in total. The van der Waals surface area contributed by atoms with Crippen molar-refractivity contribution < 1.29 is 0 Å². The van der Waals surface area contributed by atoms with Crippen LogP contribution in [-0.2, 0) is 0 Å². The van der Waals surface area contributed by atoms with Gasteiger partial charge in [0.1, 0.15) is 0 Å². The number of nitrogens with zero attached hydrogens (tertiary/aromatic N) is 3. The Kier molecular flexibility index (Phi) is 3.67. The lowest BCUT2D eigenvalue weighted by atomic mass is 10.1. The van der Waals surface area contributed by atoms with Crippen LogP contribution < -0.4 is 5.32 Å². The van der Waals surface area contributed by atoms with E-state index in [-0.39, 0.29) is 12.1 Å². The fraction of sp³-hybridized carbons (Fsp3) is 0.250. The number of H-pyrrole nitrogens is 1. The van der Waals surface area contributed by atoms with Gasteiger partial charge in [-0.15, -0.1) is 32.9 Å². The van der Waals surface area contributed by atoms with Crippen molar-refractivity contribution in [1.82, 2.24) is 25.9 Å². The lowest BCUT2D eigenvalue weighted by Crippen LogP contribution is -2.25. The van der Waals surface area contributed by atoms with Crippen LogP contribution in [0.3, 0.4) is 0 Å². The standard InChI is InChI=1S/C12H13N5S2/c1-8(12-14-16-17-15-12)13-11(9-4-2-6-18-9)10-5-3-7-19-10/h2-8,11,13H,1H3,(H,14,15,16,17). The van der Waals surface area contributed by atoms with E-state index >= 15 is 0 Å². The molecule has 19 heavy (non-hydrogen) atoms. The second-order valence-electron chi connectivity index (χ2n) is 4.12. The zero-order valence-electron chi connectivity index (χ0n) is 10.3. The maximum Gasteiger partial charge on any atom is 0.191 e. The van der Waals surface area contributed by atoms with Crippen LogP contribution in [0.4, 0.5) is 0 Å². The van der Waals surface area contributed by atoms with Gasteiger partial charge in [-0.1, -0.05) is 17.3 Å². The van der Waals surface area contributed by atoms with E-state index in [4.69, 9.17) is 0 Å². The van der Waals surface area contributed by atoms with Gasteiger partial charge in [0.15, 0.2) is 5.82 Å². The Hall–Kier alpha value is -1.57. The van der Waals surface area contributed by atoms with Crippen molar-refractivity contribution in [2.24, 2.45) is 0 Å². The molecule has 0 saturated heterocycles. The largest absolute Gasteiger partial charge is 0.295 e. The van der Waals surface area contributed by atoms with E-state index in [2.05, 4.69) is 61.0 Å². The molecule has 3 aromatic heterocycles. The van der Waals surface area contributed by atoms with Crippen molar-refractivity contribution in [3.8, 4) is 0 Å². The van der Waals surface area contributed by atoms with E-state index in [1.807, 2.05) is 6.92 Å². The van der Waals surface area contributed by atoms with Crippen molar-refractivity contribution >= 4 is 22.7 Å². The first kappa shape index (κ1) is 12.5. The molecule has 0 aromatic carbocycles. The van der Waals surface area contributed by atoms with Crippen LogP contribution in [0.5, 0.6) is 0 Å². The number of nitrogens with one attached hydrogen (secondary N) is 2. The monoisotopic (exact) mass is 291 g/mol. The minimum absolute atomic E-state index is 0.0351. The first-order chi connectivity index (χ1) is 9.34. The molecule has 0 aliphatic heterocycles. The van der Waals surface area contributed by atoms with E-state index < -0.39 is 0 Å². The zero-order valence-corrected chi connectivity index (χ0v) is 11.9. The molecule has 0 fully saturated rings. The third-order valence-corrected chi connectivity index (χ3v) is 4.70. The van der Waals surface area contributed by atoms with E-state index in [0.29, 0.717) is 5.82 Å². The first-order valence-corrected chi connectivity index (χ1v) is 7.66. The summed E-state index contributed by atoms with van der Waals surface area (Å²) in [4.78, 5) is 2.58. The summed E-state index contributed by atoms with van der Waals surface area (Å²) in [7, 11) is 0. The summed E-state index contributed by atoms with van der Waals surface area (Å²) in [5.41, 5.74) is 0. The van der Waals surface area contributed by atoms with Crippen molar-refractivity contribution in [2.75, 3.05) is 0 Å². The number of hydrogen-bond donors (Lipinski definition) is 2. The molecule has 1 unspecified atom stereocenters. The summed E-state index contributed by atoms with van der Waals surface area (Å²) in [5, 5.41) is 21.9. The number of rotatable bonds is 5. The van der Waals surface area contributed by atoms with Crippen LogP contribution in [0.25, 0.3) is 0 Å². The number of tetrazole rings is 1. The number of aromatic nitrogens is 4. The van der Waals surface area contributed by atoms with Gasteiger partial charge in [-0.2, -0.15) is 5.21 Å². The lowest BCUT2D eigenvalue weighted by molar-refractivity contribution is 0.505. The summed E-state index contributed by atoms with van der Waals surface area (Å²) < 4.78 is 0. The number of thiophene rings is 2. The molecule has 98 valence electrons. The first-order valence-electron chi connectivity index (χ1n) is 5.91. The van der Waals surface area contributed by atoms with Crippen LogP contribution in [0.1, 0.15) is 34.6 Å². The molecule has 5 nitrogen and oxygen atoms in total. The number of aromatic amines is 1. The van der Waals surface area contributed by atoms with Crippen LogP contribution in [0.2, 0.25) is 0 Å². The van der Waals surface area contributed by atoms with Crippen LogP contribution in [0, 0.1) is 0 Å². The maximum atomic E-state index is 4.03. The molecule has 3 rings (SSSR count). The topological polar surface area (TPSA) is 66.5 Å². The number of hydrogen-bond acceptors (Lipinski definition) is 6. The molecule has 0 amide bonds. The fourth-order valence-electron chi connectivity index (χ4n) is 1.89. The van der Waals surface area contributed by atoms with Crippen LogP contribution >= 0.6 is 22.7 Å². The Morgan fingerprint density at radius 1 is 1.16 bits per heavy atom. The predicted molar refractivity (Wildman–Crippen MR) is 76.2 cm³/mol. The molecule has 3 aromatic rings. The smallest absolute Gasteiger partial charge is 0.191 e. The highest BCUT2D eigenvalue weighted by molar-refractivity contribution is 7.11. The van der Waals surface area contributed by atoms with E-state index in [9.17, 15) is 0 Å². The summed E-state index contributed by atoms with van der Waals surface area (Å²) in [6.45, 7) is 2.04. The van der Waals surface area contributed by atoms with Gasteiger partial charge in [-0.3, -0.25) is 5.32 Å². The van der Waals surface area contributed by atoms with Gasteiger partial charge >= 0.3 is 0 Å². The highest BCUT2D eigenvalue weighted by Gasteiger charge is 2.20. The van der Waals surface area contributed by atoms with E-state index in [1.165, 1.54) is 9.75 Å². The summed E-state index contributed by atoms with van der Waals surface area (Å²) in [6.07, 6.45) is 0. The predicted octanol–water partition coefficient (Wildman–Crippen LogP) is 2.76. The molecule has 0 spiro atoms. The van der Waals surface area contributed by atoms with Crippen molar-refractivity contribution in [1.29, 1.82) is 0 Å². The van der Waals surface area contributed by atoms with E-state index in [1.54, 1.807) is 22.7 Å². The van der Waals surface area contributed by atoms with Crippen LogP contribution in [0.15, 0.2) is 35.0 Å². The molecule has 3 heterocycles. The minimum atomic E-state index is 0.0351. The molecule has 0 radical (unpaired) electrons. The quantitative estimate of drug-likeness (QED) is 0.758. The molecule has 0 aliphatic carbocycles. The second-order valence-corrected chi connectivity index (χ2v) is 6.08. The molecular formula is C12H13N5S2. The summed E-state index contributed by atoms with van der Waals surface area (Å²) in [5.74, 6) is 0.679. The Bertz CT molecular complexity index is 554. The summed E-state index contributed by atoms with van der Waals surface area (Å²) in [6, 6.07) is 8.64. The third-order valence-electron chi connectivity index (χ3n) is 2.82. The fourth-order valence-corrected chi connectivity index (χ4v) is 3.57. The van der Waals surface area contributed by atoms with Gasteiger partial charge in [0.05, 0.1) is 12.1 Å². The summed E-state index contributed by atoms with van der Waals surface area (Å²) >= 11 is 3.50. The highest BCUT2D eigenvalue weighted by Crippen LogP contribution is 2.30. The van der Waals surface area contributed by atoms with Crippen molar-refractivity contribution in [3.63, 3.8) is 0 Å². The molecule has 0 aliphatic rings. The lowest BCUT2D eigenvalue weighted by Gasteiger charge is -2.19. The molecule has 7 heteroatoms. The van der Waals surface area contributed by atoms with Gasteiger partial charge in [-0.25, -0.2) is 0 Å².